The Kier molecular flexibility index (Phi) is 3.42. The van der Waals surface area contributed by atoms with Gasteiger partial charge in [-0.25, -0.2) is 4.98 Å². The molecule has 2 N–H and O–H groups in total. The van der Waals surface area contributed by atoms with Gasteiger partial charge in [0.2, 0.25) is 0 Å². The van der Waals surface area contributed by atoms with E-state index < -0.39 is 0 Å². The number of aryl methyl sites for hydroxylation is 1. The monoisotopic (exact) mass is 272 g/mol. The first-order valence-electron chi connectivity index (χ1n) is 6.98. The molecule has 0 aliphatic heterocycles. The summed E-state index contributed by atoms with van der Waals surface area (Å²) in [4.78, 5) is 6.18. The number of nitrogens with zero attached hydrogens (tertiary/aromatic N) is 1. The number of hydrogen-bond acceptors (Lipinski definition) is 3. The fourth-order valence-electron chi connectivity index (χ4n) is 2.53. The number of thiazole rings is 1. The van der Waals surface area contributed by atoms with Gasteiger partial charge in [-0.05, 0) is 30.7 Å². The summed E-state index contributed by atoms with van der Waals surface area (Å²) in [6, 6.07) is 9.14. The van der Waals surface area contributed by atoms with Crippen LogP contribution in [0.3, 0.4) is 0 Å². The molecule has 1 heterocycles. The molecule has 1 aromatic heterocycles. The highest BCUT2D eigenvalue weighted by Crippen LogP contribution is 2.32. The molecule has 1 aliphatic carbocycles. The standard InChI is InChI=1S/C16H20N2S/c1-10(2)11-3-5-12(6-4-11)16-18-14-8-7-13(17)9-15(14)19-16/h3-6,10,13H,7-9,17H2,1-2H3. The molecule has 1 aliphatic rings. The maximum atomic E-state index is 6.03. The smallest absolute Gasteiger partial charge is 0.123 e. The van der Waals surface area contributed by atoms with E-state index in [9.17, 15) is 0 Å². The summed E-state index contributed by atoms with van der Waals surface area (Å²) in [5.74, 6) is 0.580. The van der Waals surface area contributed by atoms with E-state index in [1.54, 1.807) is 0 Å². The Bertz CT molecular complexity index is 569. The molecular formula is C16H20N2S. The molecule has 19 heavy (non-hydrogen) atoms. The molecule has 0 saturated heterocycles. The molecule has 3 rings (SSSR count). The topological polar surface area (TPSA) is 38.9 Å². The minimum atomic E-state index is 0.323. The minimum Gasteiger partial charge on any atom is -0.327 e. The van der Waals surface area contributed by atoms with Crippen LogP contribution in [0.2, 0.25) is 0 Å². The van der Waals surface area contributed by atoms with Crippen LogP contribution in [0.5, 0.6) is 0 Å². The summed E-state index contributed by atoms with van der Waals surface area (Å²) in [6.45, 7) is 4.44. The quantitative estimate of drug-likeness (QED) is 0.904. The second-order valence-corrected chi connectivity index (χ2v) is 6.75. The molecule has 0 radical (unpaired) electrons. The van der Waals surface area contributed by atoms with E-state index in [0.29, 0.717) is 12.0 Å². The highest BCUT2D eigenvalue weighted by atomic mass is 32.1. The lowest BCUT2D eigenvalue weighted by atomic mass is 9.99. The van der Waals surface area contributed by atoms with Gasteiger partial charge in [0.15, 0.2) is 0 Å². The predicted octanol–water partition coefficient (Wildman–Crippen LogP) is 3.75. The van der Waals surface area contributed by atoms with Gasteiger partial charge in [0.05, 0.1) is 5.69 Å². The van der Waals surface area contributed by atoms with Gasteiger partial charge in [0.1, 0.15) is 5.01 Å². The number of benzene rings is 1. The van der Waals surface area contributed by atoms with E-state index in [0.717, 1.165) is 24.3 Å². The van der Waals surface area contributed by atoms with Gasteiger partial charge in [0.25, 0.3) is 0 Å². The van der Waals surface area contributed by atoms with Gasteiger partial charge in [-0.2, -0.15) is 0 Å². The second-order valence-electron chi connectivity index (χ2n) is 5.67. The molecule has 2 aromatic rings. The first kappa shape index (κ1) is 12.8. The van der Waals surface area contributed by atoms with Gasteiger partial charge < -0.3 is 5.73 Å². The average molecular weight is 272 g/mol. The van der Waals surface area contributed by atoms with Crippen molar-refractivity contribution in [2.45, 2.75) is 45.1 Å². The van der Waals surface area contributed by atoms with Crippen LogP contribution in [0.25, 0.3) is 10.6 Å². The van der Waals surface area contributed by atoms with E-state index in [1.807, 2.05) is 11.3 Å². The Morgan fingerprint density at radius 3 is 2.68 bits per heavy atom. The Morgan fingerprint density at radius 1 is 1.26 bits per heavy atom. The molecule has 3 heteroatoms. The molecule has 100 valence electrons. The first-order valence-corrected chi connectivity index (χ1v) is 7.79. The Labute approximate surface area is 118 Å². The molecule has 0 fully saturated rings. The zero-order valence-electron chi connectivity index (χ0n) is 11.5. The largest absolute Gasteiger partial charge is 0.327 e. The van der Waals surface area contributed by atoms with Gasteiger partial charge in [-0.15, -0.1) is 11.3 Å². The second kappa shape index (κ2) is 5.06. The van der Waals surface area contributed by atoms with Crippen molar-refractivity contribution in [3.63, 3.8) is 0 Å². The molecule has 0 saturated carbocycles. The van der Waals surface area contributed by atoms with E-state index in [4.69, 9.17) is 10.7 Å². The third-order valence-corrected chi connectivity index (χ3v) is 4.97. The first-order chi connectivity index (χ1) is 9.13. The fraction of sp³-hybridized carbons (Fsp3) is 0.438. The summed E-state index contributed by atoms with van der Waals surface area (Å²) in [5.41, 5.74) is 9.92. The molecule has 0 spiro atoms. The SMILES string of the molecule is CC(C)c1ccc(-c2nc3c(s2)CC(N)CC3)cc1. The van der Waals surface area contributed by atoms with Gasteiger partial charge in [-0.1, -0.05) is 38.1 Å². The summed E-state index contributed by atoms with van der Waals surface area (Å²) in [5, 5.41) is 1.15. The average Bonchev–Trinajstić information content (AvgIpc) is 2.81. The van der Waals surface area contributed by atoms with Gasteiger partial charge in [-0.3, -0.25) is 0 Å². The Balaban J connectivity index is 1.90. The van der Waals surface area contributed by atoms with Crippen LogP contribution < -0.4 is 5.73 Å². The van der Waals surface area contributed by atoms with Gasteiger partial charge >= 0.3 is 0 Å². The zero-order valence-corrected chi connectivity index (χ0v) is 12.3. The van der Waals surface area contributed by atoms with Crippen molar-refractivity contribution in [3.8, 4) is 10.6 Å². The highest BCUT2D eigenvalue weighted by molar-refractivity contribution is 7.15. The van der Waals surface area contributed by atoms with E-state index in [2.05, 4.69) is 38.1 Å². The molecule has 1 atom stereocenters. The summed E-state index contributed by atoms with van der Waals surface area (Å²) >= 11 is 1.82. The number of hydrogen-bond donors (Lipinski definition) is 1. The van der Waals surface area contributed by atoms with Crippen LogP contribution in [0, 0.1) is 0 Å². The van der Waals surface area contributed by atoms with E-state index in [1.165, 1.54) is 21.7 Å². The lowest BCUT2D eigenvalue weighted by Crippen LogP contribution is -2.26. The minimum absolute atomic E-state index is 0.323. The zero-order chi connectivity index (χ0) is 13.4. The van der Waals surface area contributed by atoms with Crippen LogP contribution in [0.15, 0.2) is 24.3 Å². The lowest BCUT2D eigenvalue weighted by molar-refractivity contribution is 0.576. The van der Waals surface area contributed by atoms with Crippen molar-refractivity contribution in [3.05, 3.63) is 40.4 Å². The van der Waals surface area contributed by atoms with Crippen molar-refractivity contribution in [2.24, 2.45) is 5.73 Å². The maximum absolute atomic E-state index is 6.03. The van der Waals surface area contributed by atoms with Gasteiger partial charge in [0, 0.05) is 16.5 Å². The molecular weight excluding hydrogens is 252 g/mol. The van der Waals surface area contributed by atoms with Crippen molar-refractivity contribution in [1.82, 2.24) is 4.98 Å². The molecule has 0 amide bonds. The maximum Gasteiger partial charge on any atom is 0.123 e. The number of fused-ring (bicyclic) bond motifs is 1. The van der Waals surface area contributed by atoms with Crippen LogP contribution in [0.1, 0.15) is 42.3 Å². The van der Waals surface area contributed by atoms with Crippen molar-refractivity contribution in [1.29, 1.82) is 0 Å². The Hall–Kier alpha value is -1.19. The molecule has 1 unspecified atom stereocenters. The fourth-order valence-corrected chi connectivity index (χ4v) is 3.74. The summed E-state index contributed by atoms with van der Waals surface area (Å²) in [7, 11) is 0. The Morgan fingerprint density at radius 2 is 2.00 bits per heavy atom. The normalized spacial score (nSPS) is 18.6. The third-order valence-electron chi connectivity index (χ3n) is 3.80. The predicted molar refractivity (Wildman–Crippen MR) is 81.6 cm³/mol. The number of rotatable bonds is 2. The van der Waals surface area contributed by atoms with Crippen LogP contribution in [-0.4, -0.2) is 11.0 Å². The van der Waals surface area contributed by atoms with Crippen molar-refractivity contribution >= 4 is 11.3 Å². The number of nitrogens with two attached hydrogens (primary N) is 1. The highest BCUT2D eigenvalue weighted by Gasteiger charge is 2.20. The van der Waals surface area contributed by atoms with Crippen molar-refractivity contribution in [2.75, 3.05) is 0 Å². The molecule has 0 bridgehead atoms. The molecule has 2 nitrogen and oxygen atoms in total. The van der Waals surface area contributed by atoms with E-state index >= 15 is 0 Å². The van der Waals surface area contributed by atoms with Crippen LogP contribution >= 0.6 is 11.3 Å². The van der Waals surface area contributed by atoms with Crippen molar-refractivity contribution < 1.29 is 0 Å². The third kappa shape index (κ3) is 2.58. The van der Waals surface area contributed by atoms with Crippen LogP contribution in [-0.2, 0) is 12.8 Å². The summed E-state index contributed by atoms with van der Waals surface area (Å²) in [6.07, 6.45) is 3.11. The lowest BCUT2D eigenvalue weighted by Gasteiger charge is -2.15. The number of aromatic nitrogens is 1. The van der Waals surface area contributed by atoms with Crippen LogP contribution in [0.4, 0.5) is 0 Å². The summed E-state index contributed by atoms with van der Waals surface area (Å²) < 4.78 is 0. The molecule has 1 aromatic carbocycles. The van der Waals surface area contributed by atoms with E-state index in [-0.39, 0.29) is 0 Å².